The van der Waals surface area contributed by atoms with Crippen molar-refractivity contribution in [3.05, 3.63) is 57.7 Å². The lowest BCUT2D eigenvalue weighted by Gasteiger charge is -2.12. The molecular weight excluding hydrogens is 335 g/mol. The summed E-state index contributed by atoms with van der Waals surface area (Å²) in [7, 11) is 1.53. The van der Waals surface area contributed by atoms with Crippen LogP contribution in [0.3, 0.4) is 0 Å². The van der Waals surface area contributed by atoms with Gasteiger partial charge in [0.25, 0.3) is 5.91 Å². The molecule has 0 unspecified atom stereocenters. The van der Waals surface area contributed by atoms with Gasteiger partial charge in [-0.15, -0.1) is 0 Å². The van der Waals surface area contributed by atoms with Crippen LogP contribution in [0.2, 0.25) is 10.0 Å². The highest BCUT2D eigenvalue weighted by Crippen LogP contribution is 2.32. The predicted octanol–water partition coefficient (Wildman–Crippen LogP) is 5.04. The summed E-state index contributed by atoms with van der Waals surface area (Å²) in [5.41, 5.74) is 2.77. The topological polar surface area (TPSA) is 54.1 Å². The molecule has 0 bridgehead atoms. The molecular formula is C17H14Cl2N2O2. The zero-order valence-electron chi connectivity index (χ0n) is 12.5. The highest BCUT2D eigenvalue weighted by Gasteiger charge is 2.15. The van der Waals surface area contributed by atoms with E-state index in [4.69, 9.17) is 27.9 Å². The summed E-state index contributed by atoms with van der Waals surface area (Å²) in [6.07, 6.45) is 1.66. The number of hydrogen-bond donors (Lipinski definition) is 2. The summed E-state index contributed by atoms with van der Waals surface area (Å²) < 4.78 is 5.28. The monoisotopic (exact) mass is 348 g/mol. The van der Waals surface area contributed by atoms with Crippen molar-refractivity contribution in [2.45, 2.75) is 6.92 Å². The van der Waals surface area contributed by atoms with Crippen LogP contribution in [-0.2, 0) is 0 Å². The molecule has 0 fully saturated rings. The maximum Gasteiger partial charge on any atom is 0.257 e. The molecule has 1 heterocycles. The standard InChI is InChI=1S/C17H14Cl2N2O2/c1-9-5-15(16(23-2)7-13(9)19)21-17(22)12-8-20-14-4-3-10(18)6-11(12)14/h3-8,20H,1-2H3,(H,21,22). The molecule has 0 saturated heterocycles. The molecule has 2 N–H and O–H groups in total. The number of H-pyrrole nitrogens is 1. The smallest absolute Gasteiger partial charge is 0.257 e. The van der Waals surface area contributed by atoms with Gasteiger partial charge in [-0.25, -0.2) is 0 Å². The Kier molecular flexibility index (Phi) is 4.20. The third kappa shape index (κ3) is 3.00. The molecule has 0 aliphatic rings. The Labute approximate surface area is 143 Å². The summed E-state index contributed by atoms with van der Waals surface area (Å²) in [6.45, 7) is 1.86. The lowest BCUT2D eigenvalue weighted by molar-refractivity contribution is 0.102. The first kappa shape index (κ1) is 15.7. The SMILES string of the molecule is COc1cc(Cl)c(C)cc1NC(=O)c1c[nH]c2ccc(Cl)cc12. The first-order chi connectivity index (χ1) is 11.0. The van der Waals surface area contributed by atoms with Crippen molar-refractivity contribution in [2.75, 3.05) is 12.4 Å². The molecule has 6 heteroatoms. The van der Waals surface area contributed by atoms with E-state index in [1.807, 2.05) is 13.0 Å². The molecule has 1 aromatic heterocycles. The maximum atomic E-state index is 12.6. The summed E-state index contributed by atoms with van der Waals surface area (Å²) >= 11 is 12.1. The number of benzene rings is 2. The summed E-state index contributed by atoms with van der Waals surface area (Å²) in [6, 6.07) is 8.82. The number of anilines is 1. The number of aromatic nitrogens is 1. The molecule has 3 aromatic rings. The van der Waals surface area contributed by atoms with Crippen molar-refractivity contribution in [3.8, 4) is 5.75 Å². The number of halogens is 2. The van der Waals surface area contributed by atoms with Gasteiger partial charge in [-0.2, -0.15) is 0 Å². The molecule has 1 amide bonds. The number of carbonyl (C=O) groups is 1. The minimum absolute atomic E-state index is 0.251. The van der Waals surface area contributed by atoms with Crippen molar-refractivity contribution in [1.29, 1.82) is 0 Å². The third-order valence-corrected chi connectivity index (χ3v) is 4.26. The summed E-state index contributed by atoms with van der Waals surface area (Å²) in [5.74, 6) is 0.255. The van der Waals surface area contributed by atoms with Crippen LogP contribution in [0.15, 0.2) is 36.5 Å². The Morgan fingerprint density at radius 3 is 2.74 bits per heavy atom. The van der Waals surface area contributed by atoms with E-state index < -0.39 is 0 Å². The van der Waals surface area contributed by atoms with Gasteiger partial charge in [-0.1, -0.05) is 23.2 Å². The van der Waals surface area contributed by atoms with Crippen LogP contribution in [0.4, 0.5) is 5.69 Å². The second kappa shape index (κ2) is 6.14. The fraction of sp³-hybridized carbons (Fsp3) is 0.118. The molecule has 2 aromatic carbocycles. The van der Waals surface area contributed by atoms with E-state index in [1.165, 1.54) is 7.11 Å². The van der Waals surface area contributed by atoms with Crippen LogP contribution >= 0.6 is 23.2 Å². The molecule has 0 radical (unpaired) electrons. The van der Waals surface area contributed by atoms with Crippen LogP contribution in [0.1, 0.15) is 15.9 Å². The van der Waals surface area contributed by atoms with E-state index in [2.05, 4.69) is 10.3 Å². The Morgan fingerprint density at radius 1 is 1.22 bits per heavy atom. The van der Waals surface area contributed by atoms with Crippen LogP contribution in [-0.4, -0.2) is 18.0 Å². The van der Waals surface area contributed by atoms with Gasteiger partial charge in [0.1, 0.15) is 5.75 Å². The normalized spacial score (nSPS) is 10.8. The number of aryl methyl sites for hydroxylation is 1. The number of carbonyl (C=O) groups excluding carboxylic acids is 1. The fourth-order valence-corrected chi connectivity index (χ4v) is 2.73. The Balaban J connectivity index is 1.98. The van der Waals surface area contributed by atoms with E-state index >= 15 is 0 Å². The van der Waals surface area contributed by atoms with E-state index in [0.29, 0.717) is 27.0 Å². The third-order valence-electron chi connectivity index (χ3n) is 3.62. The van der Waals surface area contributed by atoms with Gasteiger partial charge in [0.2, 0.25) is 0 Å². The van der Waals surface area contributed by atoms with E-state index in [0.717, 1.165) is 16.5 Å². The van der Waals surface area contributed by atoms with Crippen LogP contribution < -0.4 is 10.1 Å². The van der Waals surface area contributed by atoms with Crippen molar-refractivity contribution in [3.63, 3.8) is 0 Å². The highest BCUT2D eigenvalue weighted by molar-refractivity contribution is 6.32. The molecule has 4 nitrogen and oxygen atoms in total. The maximum absolute atomic E-state index is 12.6. The van der Waals surface area contributed by atoms with Crippen molar-refractivity contribution < 1.29 is 9.53 Å². The Hall–Kier alpha value is -2.17. The molecule has 0 atom stereocenters. The van der Waals surface area contributed by atoms with Crippen LogP contribution in [0.25, 0.3) is 10.9 Å². The van der Waals surface area contributed by atoms with Gasteiger partial charge in [0, 0.05) is 33.2 Å². The van der Waals surface area contributed by atoms with Crippen molar-refractivity contribution >= 4 is 45.7 Å². The molecule has 0 aliphatic carbocycles. The largest absolute Gasteiger partial charge is 0.495 e. The molecule has 0 spiro atoms. The second-order valence-corrected chi connectivity index (χ2v) is 5.99. The van der Waals surface area contributed by atoms with Crippen molar-refractivity contribution in [1.82, 2.24) is 4.98 Å². The van der Waals surface area contributed by atoms with Gasteiger partial charge >= 0.3 is 0 Å². The Morgan fingerprint density at radius 2 is 2.00 bits per heavy atom. The quantitative estimate of drug-likeness (QED) is 0.696. The molecule has 23 heavy (non-hydrogen) atoms. The summed E-state index contributed by atoms with van der Waals surface area (Å²) in [4.78, 5) is 15.7. The van der Waals surface area contributed by atoms with E-state index in [1.54, 1.807) is 30.5 Å². The van der Waals surface area contributed by atoms with Gasteiger partial charge in [0.05, 0.1) is 18.4 Å². The first-order valence-electron chi connectivity index (χ1n) is 6.91. The number of nitrogens with one attached hydrogen (secondary N) is 2. The molecule has 0 saturated carbocycles. The summed E-state index contributed by atoms with van der Waals surface area (Å²) in [5, 5.41) is 4.78. The zero-order chi connectivity index (χ0) is 16.6. The minimum Gasteiger partial charge on any atom is -0.495 e. The number of rotatable bonds is 3. The fourth-order valence-electron chi connectivity index (χ4n) is 2.40. The van der Waals surface area contributed by atoms with Crippen LogP contribution in [0, 0.1) is 6.92 Å². The van der Waals surface area contributed by atoms with Gasteiger partial charge in [-0.05, 0) is 36.8 Å². The number of aromatic amines is 1. The highest BCUT2D eigenvalue weighted by atomic mass is 35.5. The zero-order valence-corrected chi connectivity index (χ0v) is 14.0. The van der Waals surface area contributed by atoms with Gasteiger partial charge in [0.15, 0.2) is 0 Å². The average molecular weight is 349 g/mol. The number of hydrogen-bond acceptors (Lipinski definition) is 2. The Bertz CT molecular complexity index is 903. The minimum atomic E-state index is -0.251. The number of ether oxygens (including phenoxy) is 1. The van der Waals surface area contributed by atoms with E-state index in [-0.39, 0.29) is 5.91 Å². The van der Waals surface area contributed by atoms with Crippen LogP contribution in [0.5, 0.6) is 5.75 Å². The predicted molar refractivity (Wildman–Crippen MR) is 94.0 cm³/mol. The van der Waals surface area contributed by atoms with E-state index in [9.17, 15) is 4.79 Å². The lowest BCUT2D eigenvalue weighted by atomic mass is 10.1. The van der Waals surface area contributed by atoms with Gasteiger partial charge < -0.3 is 15.0 Å². The van der Waals surface area contributed by atoms with Crippen molar-refractivity contribution in [2.24, 2.45) is 0 Å². The van der Waals surface area contributed by atoms with Gasteiger partial charge in [-0.3, -0.25) is 4.79 Å². The molecule has 0 aliphatic heterocycles. The number of fused-ring (bicyclic) bond motifs is 1. The second-order valence-electron chi connectivity index (χ2n) is 5.15. The first-order valence-corrected chi connectivity index (χ1v) is 7.67. The molecule has 3 rings (SSSR count). The lowest BCUT2D eigenvalue weighted by Crippen LogP contribution is -2.12. The number of amides is 1. The molecule has 118 valence electrons. The number of methoxy groups -OCH3 is 1. The average Bonchev–Trinajstić information content (AvgIpc) is 2.93.